The van der Waals surface area contributed by atoms with Gasteiger partial charge >= 0.3 is 0 Å². The lowest BCUT2D eigenvalue weighted by atomic mass is 10.1. The highest BCUT2D eigenvalue weighted by atomic mass is 16.5. The van der Waals surface area contributed by atoms with Crippen molar-refractivity contribution in [2.45, 2.75) is 13.8 Å². The van der Waals surface area contributed by atoms with E-state index in [2.05, 4.69) is 5.32 Å². The van der Waals surface area contributed by atoms with Gasteiger partial charge in [-0.05, 0) is 49.2 Å². The molecule has 5 heteroatoms. The minimum atomic E-state index is -0.419. The van der Waals surface area contributed by atoms with Crippen LogP contribution in [-0.4, -0.2) is 18.1 Å². The second kappa shape index (κ2) is 5.75. The Kier molecular flexibility index (Phi) is 4.03. The molecule has 0 fully saturated rings. The maximum absolute atomic E-state index is 12.3. The van der Waals surface area contributed by atoms with Crippen molar-refractivity contribution in [3.05, 3.63) is 47.0 Å². The Hall–Kier alpha value is -2.69. The van der Waals surface area contributed by atoms with Gasteiger partial charge in [0.15, 0.2) is 0 Å². The van der Waals surface area contributed by atoms with E-state index in [0.29, 0.717) is 17.1 Å². The molecule has 0 radical (unpaired) electrons. The van der Waals surface area contributed by atoms with Gasteiger partial charge in [0.25, 0.3) is 5.91 Å². The van der Waals surface area contributed by atoms with E-state index >= 15 is 0 Å². The average molecular weight is 286 g/mol. The van der Waals surface area contributed by atoms with Crippen LogP contribution in [0.2, 0.25) is 0 Å². The number of amides is 1. The van der Waals surface area contributed by atoms with Crippen LogP contribution in [0.1, 0.15) is 21.5 Å². The fourth-order valence-electron chi connectivity index (χ4n) is 2.02. The van der Waals surface area contributed by atoms with Gasteiger partial charge in [0.05, 0.1) is 12.7 Å². The number of carbonyl (C=O) groups excluding carboxylic acids is 1. The number of aromatic hydroxyl groups is 1. The Morgan fingerprint density at radius 1 is 1.19 bits per heavy atom. The van der Waals surface area contributed by atoms with Crippen LogP contribution < -0.4 is 15.8 Å². The lowest BCUT2D eigenvalue weighted by Gasteiger charge is -2.12. The first-order valence-electron chi connectivity index (χ1n) is 6.47. The van der Waals surface area contributed by atoms with Gasteiger partial charge in [-0.2, -0.15) is 0 Å². The highest BCUT2D eigenvalue weighted by molar-refractivity contribution is 6.07. The van der Waals surface area contributed by atoms with Crippen molar-refractivity contribution in [1.29, 1.82) is 0 Å². The van der Waals surface area contributed by atoms with E-state index in [1.54, 1.807) is 12.1 Å². The van der Waals surface area contributed by atoms with Crippen molar-refractivity contribution in [3.8, 4) is 11.5 Å². The second-order valence-corrected chi connectivity index (χ2v) is 4.86. The number of benzene rings is 2. The minimum Gasteiger partial charge on any atom is -0.507 e. The average Bonchev–Trinajstić information content (AvgIpc) is 2.45. The van der Waals surface area contributed by atoms with Crippen LogP contribution >= 0.6 is 0 Å². The zero-order valence-electron chi connectivity index (χ0n) is 12.2. The van der Waals surface area contributed by atoms with Gasteiger partial charge in [0, 0.05) is 11.4 Å². The van der Waals surface area contributed by atoms with Crippen LogP contribution in [0, 0.1) is 13.8 Å². The highest BCUT2D eigenvalue weighted by Gasteiger charge is 2.14. The Balaban J connectivity index is 2.32. The number of ether oxygens (including phenoxy) is 1. The number of hydrogen-bond acceptors (Lipinski definition) is 4. The fourth-order valence-corrected chi connectivity index (χ4v) is 2.02. The van der Waals surface area contributed by atoms with Gasteiger partial charge in [0.1, 0.15) is 11.5 Å². The number of carbonyl (C=O) groups is 1. The molecule has 4 N–H and O–H groups in total. The van der Waals surface area contributed by atoms with Gasteiger partial charge in [-0.25, -0.2) is 0 Å². The summed E-state index contributed by atoms with van der Waals surface area (Å²) in [4.78, 5) is 12.3. The Labute approximate surface area is 123 Å². The number of anilines is 2. The quantitative estimate of drug-likeness (QED) is 0.757. The van der Waals surface area contributed by atoms with Crippen LogP contribution in [0.3, 0.4) is 0 Å². The summed E-state index contributed by atoms with van der Waals surface area (Å²) in [6.07, 6.45) is 0. The fraction of sp³-hybridized carbons (Fsp3) is 0.188. The summed E-state index contributed by atoms with van der Waals surface area (Å²) < 4.78 is 5.06. The number of aryl methyl sites for hydroxylation is 2. The van der Waals surface area contributed by atoms with Gasteiger partial charge in [-0.15, -0.1) is 0 Å². The van der Waals surface area contributed by atoms with Crippen molar-refractivity contribution in [2.75, 3.05) is 18.2 Å². The number of hydrogen-bond donors (Lipinski definition) is 3. The molecule has 2 aromatic carbocycles. The predicted molar refractivity (Wildman–Crippen MR) is 82.9 cm³/mol. The molecule has 0 saturated heterocycles. The standard InChI is InChI=1S/C16H18N2O3/c1-9-6-10(2)14(8-13(9)17)18-16(20)12-7-11(21-3)4-5-15(12)19/h4-8,19H,17H2,1-3H3,(H,18,20). The SMILES string of the molecule is COc1ccc(O)c(C(=O)Nc2cc(N)c(C)cc2C)c1. The van der Waals surface area contributed by atoms with Crippen molar-refractivity contribution in [1.82, 2.24) is 0 Å². The summed E-state index contributed by atoms with van der Waals surface area (Å²) in [5.74, 6) is -0.0260. The van der Waals surface area contributed by atoms with Crippen molar-refractivity contribution >= 4 is 17.3 Å². The lowest BCUT2D eigenvalue weighted by Crippen LogP contribution is -2.13. The molecule has 0 heterocycles. The Bertz CT molecular complexity index is 696. The van der Waals surface area contributed by atoms with Gasteiger partial charge in [-0.3, -0.25) is 4.79 Å². The first-order chi connectivity index (χ1) is 9.92. The molecule has 0 aliphatic rings. The normalized spacial score (nSPS) is 10.2. The molecule has 110 valence electrons. The van der Waals surface area contributed by atoms with Crippen molar-refractivity contribution < 1.29 is 14.6 Å². The molecule has 0 unspecified atom stereocenters. The summed E-state index contributed by atoms with van der Waals surface area (Å²) in [6.45, 7) is 3.79. The predicted octanol–water partition coefficient (Wildman–Crippen LogP) is 2.85. The molecule has 0 aliphatic carbocycles. The number of rotatable bonds is 3. The van der Waals surface area contributed by atoms with Crippen LogP contribution in [0.5, 0.6) is 11.5 Å². The minimum absolute atomic E-state index is 0.106. The van der Waals surface area contributed by atoms with Crippen LogP contribution in [0.15, 0.2) is 30.3 Å². The molecule has 0 saturated carbocycles. The lowest BCUT2D eigenvalue weighted by molar-refractivity contribution is 0.102. The number of nitrogens with two attached hydrogens (primary N) is 1. The largest absolute Gasteiger partial charge is 0.507 e. The Morgan fingerprint density at radius 2 is 1.90 bits per heavy atom. The summed E-state index contributed by atoms with van der Waals surface area (Å²) in [5, 5.41) is 12.6. The van der Waals surface area contributed by atoms with E-state index in [-0.39, 0.29) is 11.3 Å². The molecule has 0 atom stereocenters. The molecular weight excluding hydrogens is 268 g/mol. The molecule has 0 aromatic heterocycles. The van der Waals surface area contributed by atoms with Gasteiger partial charge in [0.2, 0.25) is 0 Å². The molecule has 0 bridgehead atoms. The van der Waals surface area contributed by atoms with E-state index < -0.39 is 5.91 Å². The monoisotopic (exact) mass is 286 g/mol. The van der Waals surface area contributed by atoms with E-state index in [1.807, 2.05) is 19.9 Å². The number of nitrogen functional groups attached to an aromatic ring is 1. The number of methoxy groups -OCH3 is 1. The topological polar surface area (TPSA) is 84.6 Å². The molecular formula is C16H18N2O3. The third kappa shape index (κ3) is 3.08. The smallest absolute Gasteiger partial charge is 0.259 e. The maximum atomic E-state index is 12.3. The summed E-state index contributed by atoms with van der Waals surface area (Å²) in [6, 6.07) is 8.10. The molecule has 21 heavy (non-hydrogen) atoms. The van der Waals surface area contributed by atoms with Crippen LogP contribution in [-0.2, 0) is 0 Å². The van der Waals surface area contributed by atoms with Crippen LogP contribution in [0.4, 0.5) is 11.4 Å². The number of phenolic OH excluding ortho intramolecular Hbond substituents is 1. The van der Waals surface area contributed by atoms with Crippen molar-refractivity contribution in [2.24, 2.45) is 0 Å². The molecule has 0 aliphatic heterocycles. The Morgan fingerprint density at radius 3 is 2.57 bits per heavy atom. The highest BCUT2D eigenvalue weighted by Crippen LogP contribution is 2.26. The van der Waals surface area contributed by atoms with E-state index in [0.717, 1.165) is 11.1 Å². The first kappa shape index (κ1) is 14.7. The summed E-state index contributed by atoms with van der Waals surface area (Å²) in [7, 11) is 1.50. The van der Waals surface area contributed by atoms with Crippen molar-refractivity contribution in [3.63, 3.8) is 0 Å². The molecule has 5 nitrogen and oxygen atoms in total. The molecule has 2 aromatic rings. The third-order valence-corrected chi connectivity index (χ3v) is 3.31. The molecule has 2 rings (SSSR count). The van der Waals surface area contributed by atoms with Crippen LogP contribution in [0.25, 0.3) is 0 Å². The molecule has 0 spiro atoms. The van der Waals surface area contributed by atoms with Gasteiger partial charge in [-0.1, -0.05) is 6.07 Å². The van der Waals surface area contributed by atoms with E-state index in [9.17, 15) is 9.90 Å². The van der Waals surface area contributed by atoms with Gasteiger partial charge < -0.3 is 20.9 Å². The number of phenols is 1. The summed E-state index contributed by atoms with van der Waals surface area (Å²) in [5.41, 5.74) is 9.08. The first-order valence-corrected chi connectivity index (χ1v) is 6.47. The summed E-state index contributed by atoms with van der Waals surface area (Å²) >= 11 is 0. The maximum Gasteiger partial charge on any atom is 0.259 e. The molecule has 1 amide bonds. The van der Waals surface area contributed by atoms with E-state index in [4.69, 9.17) is 10.5 Å². The van der Waals surface area contributed by atoms with E-state index in [1.165, 1.54) is 19.2 Å². The zero-order valence-corrected chi connectivity index (χ0v) is 12.2. The zero-order chi connectivity index (χ0) is 15.6. The second-order valence-electron chi connectivity index (χ2n) is 4.86. The third-order valence-electron chi connectivity index (χ3n) is 3.31. The number of nitrogens with one attached hydrogen (secondary N) is 1.